The highest BCUT2D eigenvalue weighted by Gasteiger charge is 2.23. The van der Waals surface area contributed by atoms with Crippen LogP contribution in [0.4, 0.5) is 0 Å². The first-order valence-electron chi connectivity index (χ1n) is 8.99. The minimum Gasteiger partial charge on any atom is -0.428 e. The average molecular weight is 380 g/mol. The molecule has 0 aliphatic carbocycles. The van der Waals surface area contributed by atoms with E-state index in [0.717, 1.165) is 47.3 Å². The molecule has 0 aliphatic heterocycles. The van der Waals surface area contributed by atoms with Crippen LogP contribution >= 0.6 is 6.72 Å². The van der Waals surface area contributed by atoms with Crippen LogP contribution in [0.1, 0.15) is 39.5 Å². The topological polar surface area (TPSA) is 27.7 Å². The number of thiol groups is 1. The second-order valence-electron chi connectivity index (χ2n) is 5.68. The van der Waals surface area contributed by atoms with Crippen molar-refractivity contribution in [2.45, 2.75) is 44.4 Å². The molecule has 2 aromatic carbocycles. The molecule has 0 fully saturated rings. The van der Waals surface area contributed by atoms with E-state index in [1.807, 2.05) is 48.5 Å². The Labute approximate surface area is 155 Å². The molecule has 138 valence electrons. The van der Waals surface area contributed by atoms with Crippen molar-refractivity contribution >= 4 is 17.7 Å². The third-order valence-corrected chi connectivity index (χ3v) is 8.06. The fraction of sp³-hybridized carbons (Fsp3) is 0.400. The van der Waals surface area contributed by atoms with Gasteiger partial charge in [-0.2, -0.15) is 0 Å². The van der Waals surface area contributed by atoms with E-state index >= 15 is 0 Å². The number of para-hydroxylation sites is 1. The molecule has 0 saturated carbocycles. The van der Waals surface area contributed by atoms with Gasteiger partial charge in [0.05, 0.1) is 13.2 Å². The molecular weight excluding hydrogens is 351 g/mol. The van der Waals surface area contributed by atoms with Crippen molar-refractivity contribution < 1.29 is 13.6 Å². The zero-order chi connectivity index (χ0) is 17.8. The van der Waals surface area contributed by atoms with Crippen LogP contribution in [0.25, 0.3) is 0 Å². The summed E-state index contributed by atoms with van der Waals surface area (Å²) in [6, 6.07) is 20.1. The first-order valence-corrected chi connectivity index (χ1v) is 12.1. The molecule has 3 nitrogen and oxygen atoms in total. The minimum atomic E-state index is -2.53. The summed E-state index contributed by atoms with van der Waals surface area (Å²) in [6.45, 7) is 3.11. The van der Waals surface area contributed by atoms with Crippen molar-refractivity contribution in [2.75, 3.05) is 13.2 Å². The molecule has 0 N–H and O–H groups in total. The zero-order valence-corrected chi connectivity index (χ0v) is 16.9. The summed E-state index contributed by atoms with van der Waals surface area (Å²) in [4.78, 5) is 1.15. The Balaban J connectivity index is 2.34. The van der Waals surface area contributed by atoms with E-state index in [1.54, 1.807) is 0 Å². The number of hydrogen-bond donors (Lipinski definition) is 1. The number of rotatable bonds is 11. The van der Waals surface area contributed by atoms with Crippen LogP contribution < -0.4 is 4.52 Å². The van der Waals surface area contributed by atoms with Gasteiger partial charge in [-0.1, -0.05) is 74.0 Å². The maximum absolute atomic E-state index is 6.35. The van der Waals surface area contributed by atoms with Crippen LogP contribution in [0.3, 0.4) is 0 Å². The van der Waals surface area contributed by atoms with Crippen molar-refractivity contribution in [3.63, 3.8) is 0 Å². The third kappa shape index (κ3) is 7.37. The van der Waals surface area contributed by atoms with Crippen LogP contribution in [-0.4, -0.2) is 13.2 Å². The molecule has 0 amide bonds. The Bertz CT molecular complexity index is 633. The molecule has 0 saturated heterocycles. The summed E-state index contributed by atoms with van der Waals surface area (Å²) in [6.07, 6.45) is 4.17. The lowest BCUT2D eigenvalue weighted by molar-refractivity contribution is 0.197. The van der Waals surface area contributed by atoms with Crippen LogP contribution in [0.15, 0.2) is 65.6 Å². The first kappa shape index (κ1) is 20.3. The van der Waals surface area contributed by atoms with Crippen molar-refractivity contribution in [3.05, 3.63) is 60.7 Å². The highest BCUT2D eigenvalue weighted by atomic mass is 32.5. The van der Waals surface area contributed by atoms with E-state index in [0.29, 0.717) is 13.2 Å². The second kappa shape index (κ2) is 11.5. The molecule has 0 heterocycles. The molecule has 0 radical (unpaired) electrons. The van der Waals surface area contributed by atoms with Gasteiger partial charge in [-0.05, 0) is 37.1 Å². The fourth-order valence-electron chi connectivity index (χ4n) is 2.07. The van der Waals surface area contributed by atoms with Crippen LogP contribution in [-0.2, 0) is 20.0 Å². The molecule has 25 heavy (non-hydrogen) atoms. The fourth-order valence-corrected chi connectivity index (χ4v) is 6.59. The number of benzene rings is 2. The Kier molecular flexibility index (Phi) is 9.35. The molecule has 0 atom stereocenters. The summed E-state index contributed by atoms with van der Waals surface area (Å²) in [5.41, 5.74) is 0. The van der Waals surface area contributed by atoms with E-state index in [-0.39, 0.29) is 0 Å². The van der Waals surface area contributed by atoms with E-state index in [1.165, 1.54) is 0 Å². The summed E-state index contributed by atoms with van der Waals surface area (Å²) in [5, 5.41) is 0. The molecular formula is C20H29O3PS. The smallest absolute Gasteiger partial charge is 0.339 e. The lowest BCUT2D eigenvalue weighted by atomic mass is 10.3. The quantitative estimate of drug-likeness (QED) is 0.284. The van der Waals surface area contributed by atoms with Gasteiger partial charge in [0.1, 0.15) is 5.75 Å². The maximum Gasteiger partial charge on any atom is 0.339 e. The van der Waals surface area contributed by atoms with Crippen molar-refractivity contribution in [1.82, 2.24) is 0 Å². The molecule has 2 rings (SSSR count). The third-order valence-electron chi connectivity index (χ3n) is 3.46. The summed E-state index contributed by atoms with van der Waals surface area (Å²) in [5.74, 6) is 0.798. The van der Waals surface area contributed by atoms with Gasteiger partial charge in [0.25, 0.3) is 0 Å². The normalized spacial score (nSPS) is 11.4. The van der Waals surface area contributed by atoms with Gasteiger partial charge in [0.2, 0.25) is 0 Å². The molecule has 5 heteroatoms. The summed E-state index contributed by atoms with van der Waals surface area (Å²) >= 11 is 0. The van der Waals surface area contributed by atoms with Gasteiger partial charge in [-0.25, -0.2) is 0 Å². The number of unbranched alkanes of at least 4 members (excludes halogenated alkanes) is 2. The lowest BCUT2D eigenvalue weighted by Crippen LogP contribution is -2.06. The first-order chi connectivity index (χ1) is 12.3. The average Bonchev–Trinajstić information content (AvgIpc) is 2.64. The van der Waals surface area contributed by atoms with Crippen molar-refractivity contribution in [1.29, 1.82) is 0 Å². The van der Waals surface area contributed by atoms with Gasteiger partial charge >= 0.3 is 6.72 Å². The van der Waals surface area contributed by atoms with Gasteiger partial charge < -0.3 is 13.6 Å². The second-order valence-corrected chi connectivity index (χ2v) is 10.1. The van der Waals surface area contributed by atoms with E-state index in [4.69, 9.17) is 13.6 Å². The van der Waals surface area contributed by atoms with Crippen LogP contribution in [0.2, 0.25) is 0 Å². The summed E-state index contributed by atoms with van der Waals surface area (Å²) < 4.78 is 18.9. The largest absolute Gasteiger partial charge is 0.428 e. The Hall–Kier alpha value is -1.06. The Morgan fingerprint density at radius 1 is 0.760 bits per heavy atom. The highest BCUT2D eigenvalue weighted by molar-refractivity contribution is 8.17. The van der Waals surface area contributed by atoms with Gasteiger partial charge in [0, 0.05) is 4.90 Å². The molecule has 0 aromatic heterocycles. The number of hydrogen-bond acceptors (Lipinski definition) is 3. The molecule has 0 bridgehead atoms. The van der Waals surface area contributed by atoms with Gasteiger partial charge in [-0.3, -0.25) is 0 Å². The van der Waals surface area contributed by atoms with Crippen molar-refractivity contribution in [2.24, 2.45) is 0 Å². The predicted octanol–water partition coefficient (Wildman–Crippen LogP) is 6.25. The van der Waals surface area contributed by atoms with E-state index in [9.17, 15) is 0 Å². The van der Waals surface area contributed by atoms with Gasteiger partial charge in [0.15, 0.2) is 0 Å². The van der Waals surface area contributed by atoms with Crippen LogP contribution in [0, 0.1) is 0 Å². The Morgan fingerprint density at radius 2 is 1.28 bits per heavy atom. The molecule has 0 unspecified atom stereocenters. The van der Waals surface area contributed by atoms with E-state index in [2.05, 4.69) is 26.0 Å². The van der Waals surface area contributed by atoms with Crippen molar-refractivity contribution in [3.8, 4) is 5.75 Å². The predicted molar refractivity (Wildman–Crippen MR) is 109 cm³/mol. The van der Waals surface area contributed by atoms with Crippen LogP contribution in [0.5, 0.6) is 5.75 Å². The SMILES string of the molecule is CCCCOP(OCCCC)(Oc1ccccc1)=[SH]c1ccccc1. The zero-order valence-electron chi connectivity index (χ0n) is 15.1. The van der Waals surface area contributed by atoms with Gasteiger partial charge in [-0.15, -0.1) is 0 Å². The molecule has 2 aromatic rings. The Morgan fingerprint density at radius 3 is 1.80 bits per heavy atom. The molecule has 0 aliphatic rings. The molecule has 0 spiro atoms. The highest BCUT2D eigenvalue weighted by Crippen LogP contribution is 2.53. The monoisotopic (exact) mass is 380 g/mol. The minimum absolute atomic E-state index is 0.656. The maximum atomic E-state index is 6.35. The lowest BCUT2D eigenvalue weighted by Gasteiger charge is -2.26. The summed E-state index contributed by atoms with van der Waals surface area (Å²) in [7, 11) is 0.967. The van der Waals surface area contributed by atoms with E-state index < -0.39 is 6.72 Å². The standard InChI is InChI=1S/C20H29O3PS/c1-3-5-17-21-24(22-18-6-4-2,23-19-13-9-7-10-14-19)25-20-15-11-8-12-16-20/h7-16,25H,3-6,17-18H2,1-2H3.